The lowest BCUT2D eigenvalue weighted by Gasteiger charge is -2.39. The van der Waals surface area contributed by atoms with E-state index in [-0.39, 0.29) is 5.37 Å². The van der Waals surface area contributed by atoms with E-state index in [2.05, 4.69) is 10.3 Å². The summed E-state index contributed by atoms with van der Waals surface area (Å²) in [6.07, 6.45) is 1.66. The van der Waals surface area contributed by atoms with Crippen molar-refractivity contribution in [2.24, 2.45) is 7.05 Å². The maximum Gasteiger partial charge on any atom is 0.347 e. The second-order valence-corrected chi connectivity index (χ2v) is 6.01. The highest BCUT2D eigenvalue weighted by molar-refractivity contribution is 8.00. The number of likely N-dealkylation sites (N-methyl/N-ethyl adjacent to an activating group) is 1. The monoisotopic (exact) mass is 280 g/mol. The number of aromatic nitrogens is 2. The van der Waals surface area contributed by atoms with Gasteiger partial charge >= 0.3 is 11.7 Å². The number of hydrogen-bond acceptors (Lipinski definition) is 5. The third-order valence-corrected chi connectivity index (χ3v) is 5.21. The van der Waals surface area contributed by atoms with Gasteiger partial charge in [-0.25, -0.2) is 9.59 Å². The highest BCUT2D eigenvalue weighted by Gasteiger charge is 2.57. The minimum atomic E-state index is -0.990. The van der Waals surface area contributed by atoms with Gasteiger partial charge in [0.2, 0.25) is 5.91 Å². The number of rotatable bonds is 0. The lowest BCUT2D eigenvalue weighted by Crippen LogP contribution is -2.63. The third-order valence-electron chi connectivity index (χ3n) is 3.64. The molecule has 1 aromatic rings. The van der Waals surface area contributed by atoms with Crippen molar-refractivity contribution in [3.05, 3.63) is 22.4 Å². The predicted octanol–water partition coefficient (Wildman–Crippen LogP) is -0.349. The first-order valence-electron chi connectivity index (χ1n) is 5.68. The van der Waals surface area contributed by atoms with Crippen LogP contribution in [0.25, 0.3) is 0 Å². The highest BCUT2D eigenvalue weighted by Crippen LogP contribution is 2.50. The molecule has 7 nitrogen and oxygen atoms in total. The fourth-order valence-electron chi connectivity index (χ4n) is 2.44. The van der Waals surface area contributed by atoms with Gasteiger partial charge in [0.05, 0.1) is 5.69 Å². The summed E-state index contributed by atoms with van der Waals surface area (Å²) in [5.41, 5.74) is -0.952. The van der Waals surface area contributed by atoms with Crippen LogP contribution in [0.15, 0.2) is 15.9 Å². The number of imide groups is 1. The lowest BCUT2D eigenvalue weighted by molar-refractivity contribution is -0.127. The lowest BCUT2D eigenvalue weighted by atomic mass is 9.83. The molecule has 3 rings (SSSR count). The van der Waals surface area contributed by atoms with Crippen LogP contribution in [0.2, 0.25) is 0 Å². The summed E-state index contributed by atoms with van der Waals surface area (Å²) >= 11 is 1.38. The van der Waals surface area contributed by atoms with Gasteiger partial charge in [-0.2, -0.15) is 4.98 Å². The van der Waals surface area contributed by atoms with E-state index in [1.54, 1.807) is 27.2 Å². The average molecular weight is 280 g/mol. The van der Waals surface area contributed by atoms with Gasteiger partial charge in [0.25, 0.3) is 0 Å². The van der Waals surface area contributed by atoms with E-state index in [1.165, 1.54) is 21.2 Å². The number of aryl methyl sites for hydroxylation is 1. The van der Waals surface area contributed by atoms with E-state index < -0.39 is 23.0 Å². The van der Waals surface area contributed by atoms with Crippen LogP contribution in [-0.4, -0.2) is 38.8 Å². The van der Waals surface area contributed by atoms with Gasteiger partial charge in [0.1, 0.15) is 10.8 Å². The van der Waals surface area contributed by atoms with Gasteiger partial charge in [-0.15, -0.1) is 0 Å². The van der Waals surface area contributed by atoms with Crippen molar-refractivity contribution in [2.75, 3.05) is 7.05 Å². The number of carbonyl (C=O) groups excluding carboxylic acids is 2. The zero-order valence-electron chi connectivity index (χ0n) is 10.6. The van der Waals surface area contributed by atoms with Crippen molar-refractivity contribution < 1.29 is 9.59 Å². The van der Waals surface area contributed by atoms with Crippen molar-refractivity contribution in [1.29, 1.82) is 0 Å². The molecule has 1 N–H and O–H groups in total. The molecule has 3 amide bonds. The fraction of sp³-hybridized carbons (Fsp3) is 0.455. The standard InChI is InChI=1S/C11H12N4O3S/c1-11-6-5(4-14(2)9(17)12-6)19-8(11)15(3)10(18)13-7(11)16/h4,8H,1-3H3,(H,13,16,18). The number of thioether (sulfide) groups is 1. The molecule has 0 saturated carbocycles. The van der Waals surface area contributed by atoms with Crippen LogP contribution in [0.1, 0.15) is 12.6 Å². The second-order valence-electron chi connectivity index (χ2n) is 4.89. The SMILES string of the molecule is CN1C(=O)NC(=O)C2(C)c3nc(=O)n(C)cc3SC12. The van der Waals surface area contributed by atoms with Gasteiger partial charge in [0, 0.05) is 25.2 Å². The second kappa shape index (κ2) is 3.60. The molecule has 19 heavy (non-hydrogen) atoms. The first-order chi connectivity index (χ1) is 8.85. The summed E-state index contributed by atoms with van der Waals surface area (Å²) in [5.74, 6) is -0.410. The summed E-state index contributed by atoms with van der Waals surface area (Å²) in [6, 6.07) is -0.431. The maximum absolute atomic E-state index is 12.2. The number of nitrogens with zero attached hydrogens (tertiary/aromatic N) is 3. The van der Waals surface area contributed by atoms with E-state index in [9.17, 15) is 14.4 Å². The number of carbonyl (C=O) groups is 2. The van der Waals surface area contributed by atoms with Gasteiger partial charge < -0.3 is 9.47 Å². The molecule has 3 heterocycles. The Balaban J connectivity index is 2.23. The summed E-state index contributed by atoms with van der Waals surface area (Å²) < 4.78 is 1.37. The maximum atomic E-state index is 12.2. The zero-order valence-corrected chi connectivity index (χ0v) is 11.4. The minimum absolute atomic E-state index is 0.377. The van der Waals surface area contributed by atoms with Crippen molar-refractivity contribution in [3.8, 4) is 0 Å². The Hall–Kier alpha value is -1.83. The van der Waals surface area contributed by atoms with Crippen molar-refractivity contribution in [2.45, 2.75) is 22.6 Å². The van der Waals surface area contributed by atoms with E-state index >= 15 is 0 Å². The van der Waals surface area contributed by atoms with E-state index in [0.29, 0.717) is 5.69 Å². The van der Waals surface area contributed by atoms with E-state index in [1.807, 2.05) is 0 Å². The smallest absolute Gasteiger partial charge is 0.314 e. The molecule has 1 fully saturated rings. The zero-order chi connectivity index (χ0) is 13.9. The van der Waals surface area contributed by atoms with Crippen LogP contribution in [0.3, 0.4) is 0 Å². The first-order valence-corrected chi connectivity index (χ1v) is 6.56. The third kappa shape index (κ3) is 1.40. The van der Waals surface area contributed by atoms with Crippen LogP contribution in [0, 0.1) is 0 Å². The molecule has 0 aliphatic carbocycles. The molecule has 2 aliphatic rings. The van der Waals surface area contributed by atoms with Crippen molar-refractivity contribution >= 4 is 23.7 Å². The largest absolute Gasteiger partial charge is 0.347 e. The Morgan fingerprint density at radius 3 is 2.74 bits per heavy atom. The molecule has 0 aromatic carbocycles. The Morgan fingerprint density at radius 2 is 2.05 bits per heavy atom. The summed E-state index contributed by atoms with van der Waals surface area (Å²) in [5, 5.41) is 1.93. The quantitative estimate of drug-likeness (QED) is 0.702. The summed E-state index contributed by atoms with van der Waals surface area (Å²) in [7, 11) is 3.23. The number of hydrogen-bond donors (Lipinski definition) is 1. The fourth-order valence-corrected chi connectivity index (χ4v) is 3.98. The van der Waals surface area contributed by atoms with Gasteiger partial charge in [-0.1, -0.05) is 11.8 Å². The molecule has 1 aromatic heterocycles. The van der Waals surface area contributed by atoms with Crippen LogP contribution in [0.4, 0.5) is 4.79 Å². The molecule has 0 bridgehead atoms. The molecule has 0 radical (unpaired) electrons. The van der Waals surface area contributed by atoms with E-state index in [0.717, 1.165) is 4.90 Å². The highest BCUT2D eigenvalue weighted by atomic mass is 32.2. The van der Waals surface area contributed by atoms with Gasteiger partial charge in [-0.05, 0) is 6.92 Å². The molecule has 8 heteroatoms. The molecule has 0 spiro atoms. The molecule has 1 saturated heterocycles. The Labute approximate surface area is 113 Å². The number of fused-ring (bicyclic) bond motifs is 3. The van der Waals surface area contributed by atoms with Gasteiger partial charge in [-0.3, -0.25) is 10.1 Å². The normalized spacial score (nSPS) is 29.0. The summed E-state index contributed by atoms with van der Waals surface area (Å²) in [6.45, 7) is 1.71. The molecule has 2 unspecified atom stereocenters. The molecule has 100 valence electrons. The first kappa shape index (κ1) is 12.2. The number of amides is 3. The van der Waals surface area contributed by atoms with Crippen molar-refractivity contribution in [1.82, 2.24) is 19.8 Å². The van der Waals surface area contributed by atoms with E-state index in [4.69, 9.17) is 0 Å². The number of urea groups is 1. The Bertz CT molecular complexity index is 670. The number of nitrogens with one attached hydrogen (secondary N) is 1. The van der Waals surface area contributed by atoms with Crippen LogP contribution in [-0.2, 0) is 17.3 Å². The Kier molecular flexibility index (Phi) is 2.31. The molecule has 2 aliphatic heterocycles. The predicted molar refractivity (Wildman–Crippen MR) is 67.8 cm³/mol. The topological polar surface area (TPSA) is 84.3 Å². The van der Waals surface area contributed by atoms with Gasteiger partial charge in [0.15, 0.2) is 0 Å². The van der Waals surface area contributed by atoms with Crippen LogP contribution in [0.5, 0.6) is 0 Å². The molecule has 2 atom stereocenters. The molecular weight excluding hydrogens is 268 g/mol. The molecular formula is C11H12N4O3S. The van der Waals surface area contributed by atoms with Crippen LogP contribution >= 0.6 is 11.8 Å². The Morgan fingerprint density at radius 1 is 1.37 bits per heavy atom. The average Bonchev–Trinajstić information content (AvgIpc) is 2.63. The minimum Gasteiger partial charge on any atom is -0.314 e. The van der Waals surface area contributed by atoms with Crippen LogP contribution < -0.4 is 11.0 Å². The van der Waals surface area contributed by atoms with Crippen molar-refractivity contribution in [3.63, 3.8) is 0 Å². The summed E-state index contributed by atoms with van der Waals surface area (Å²) in [4.78, 5) is 41.8.